The quantitative estimate of drug-likeness (QED) is 0.700. The monoisotopic (exact) mass is 391 g/mol. The lowest BCUT2D eigenvalue weighted by molar-refractivity contribution is -0.123. The average molecular weight is 391 g/mol. The Bertz CT molecular complexity index is 1060. The van der Waals surface area contributed by atoms with E-state index in [4.69, 9.17) is 0 Å². The molecule has 2 atom stereocenters. The molecule has 0 saturated heterocycles. The largest absolute Gasteiger partial charge is 0.396 e. The highest BCUT2D eigenvalue weighted by molar-refractivity contribution is 5.93. The molecule has 3 aromatic rings. The van der Waals surface area contributed by atoms with Gasteiger partial charge in [-0.2, -0.15) is 5.10 Å². The molecular formula is C23H25N3O3. The minimum Gasteiger partial charge on any atom is -0.396 e. The minimum atomic E-state index is -0.271. The molecule has 1 fully saturated rings. The van der Waals surface area contributed by atoms with Crippen molar-refractivity contribution in [2.24, 2.45) is 5.92 Å². The second-order valence-electron chi connectivity index (χ2n) is 7.70. The van der Waals surface area contributed by atoms with Crippen molar-refractivity contribution in [1.82, 2.24) is 15.1 Å². The first-order valence-corrected chi connectivity index (χ1v) is 10.1. The van der Waals surface area contributed by atoms with Gasteiger partial charge in [0.1, 0.15) is 6.54 Å². The summed E-state index contributed by atoms with van der Waals surface area (Å²) in [6.45, 7) is 0.0300. The third-order valence-corrected chi connectivity index (χ3v) is 5.61. The maximum atomic E-state index is 12.9. The zero-order chi connectivity index (χ0) is 20.2. The lowest BCUT2D eigenvalue weighted by atomic mass is 9.86. The molecule has 1 heterocycles. The van der Waals surface area contributed by atoms with E-state index in [1.54, 1.807) is 6.07 Å². The molecule has 1 aliphatic rings. The highest BCUT2D eigenvalue weighted by Gasteiger charge is 2.23. The smallest absolute Gasteiger partial charge is 0.275 e. The van der Waals surface area contributed by atoms with Gasteiger partial charge >= 0.3 is 0 Å². The van der Waals surface area contributed by atoms with E-state index < -0.39 is 0 Å². The number of fused-ring (bicyclic) bond motifs is 1. The van der Waals surface area contributed by atoms with Crippen molar-refractivity contribution in [3.63, 3.8) is 0 Å². The SMILES string of the molecule is O=C(Cn1nc(-c2ccccc2)c2ccccc2c1=O)N[C@@H]1CCC[C@@H](CO)C1. The Morgan fingerprint density at radius 1 is 1.07 bits per heavy atom. The molecule has 1 aromatic heterocycles. The molecule has 0 aliphatic heterocycles. The number of carbonyl (C=O) groups is 1. The van der Waals surface area contributed by atoms with Gasteiger partial charge in [-0.3, -0.25) is 9.59 Å². The fraction of sp³-hybridized carbons (Fsp3) is 0.348. The first-order chi connectivity index (χ1) is 14.2. The van der Waals surface area contributed by atoms with Crippen LogP contribution in [0.1, 0.15) is 25.7 Å². The summed E-state index contributed by atoms with van der Waals surface area (Å²) >= 11 is 0. The van der Waals surface area contributed by atoms with Crippen molar-refractivity contribution in [2.45, 2.75) is 38.3 Å². The van der Waals surface area contributed by atoms with Crippen LogP contribution in [0, 0.1) is 5.92 Å². The van der Waals surface area contributed by atoms with Gasteiger partial charge < -0.3 is 10.4 Å². The van der Waals surface area contributed by atoms with Crippen molar-refractivity contribution in [2.75, 3.05) is 6.61 Å². The van der Waals surface area contributed by atoms with Crippen molar-refractivity contribution in [3.05, 3.63) is 65.0 Å². The fourth-order valence-electron chi connectivity index (χ4n) is 4.15. The summed E-state index contributed by atoms with van der Waals surface area (Å²) in [5.74, 6) is 0.0118. The first kappa shape index (κ1) is 19.3. The van der Waals surface area contributed by atoms with Crippen LogP contribution in [0.15, 0.2) is 59.4 Å². The molecule has 1 amide bonds. The fourth-order valence-corrected chi connectivity index (χ4v) is 4.15. The van der Waals surface area contributed by atoms with Crippen molar-refractivity contribution in [3.8, 4) is 11.3 Å². The van der Waals surface area contributed by atoms with Crippen molar-refractivity contribution >= 4 is 16.7 Å². The van der Waals surface area contributed by atoms with E-state index in [1.165, 1.54) is 4.68 Å². The second-order valence-corrected chi connectivity index (χ2v) is 7.70. The van der Waals surface area contributed by atoms with Gasteiger partial charge in [0.15, 0.2) is 0 Å². The predicted molar refractivity (Wildman–Crippen MR) is 112 cm³/mol. The average Bonchev–Trinajstić information content (AvgIpc) is 2.76. The number of aliphatic hydroxyl groups excluding tert-OH is 1. The van der Waals surface area contributed by atoms with Gasteiger partial charge in [0.25, 0.3) is 5.56 Å². The Morgan fingerprint density at radius 3 is 2.55 bits per heavy atom. The summed E-state index contributed by atoms with van der Waals surface area (Å²) in [6.07, 6.45) is 3.66. The van der Waals surface area contributed by atoms with E-state index in [2.05, 4.69) is 10.4 Å². The summed E-state index contributed by atoms with van der Waals surface area (Å²) in [5.41, 5.74) is 1.31. The summed E-state index contributed by atoms with van der Waals surface area (Å²) in [5, 5.41) is 18.3. The van der Waals surface area contributed by atoms with Gasteiger partial charge in [0.05, 0.1) is 11.1 Å². The number of nitrogens with zero attached hydrogens (tertiary/aromatic N) is 2. The van der Waals surface area contributed by atoms with Crippen LogP contribution in [-0.2, 0) is 11.3 Å². The summed E-state index contributed by atoms with van der Waals surface area (Å²) < 4.78 is 1.26. The van der Waals surface area contributed by atoms with E-state index in [1.807, 2.05) is 48.5 Å². The lowest BCUT2D eigenvalue weighted by Crippen LogP contribution is -2.42. The molecule has 0 bridgehead atoms. The molecule has 0 spiro atoms. The van der Waals surface area contributed by atoms with Gasteiger partial charge in [-0.05, 0) is 31.2 Å². The minimum absolute atomic E-state index is 0.0400. The Hall–Kier alpha value is -2.99. The van der Waals surface area contributed by atoms with Crippen LogP contribution < -0.4 is 10.9 Å². The number of aromatic nitrogens is 2. The summed E-state index contributed by atoms with van der Waals surface area (Å²) in [6, 6.07) is 17.1. The van der Waals surface area contributed by atoms with Crippen molar-refractivity contribution < 1.29 is 9.90 Å². The van der Waals surface area contributed by atoms with E-state index in [9.17, 15) is 14.7 Å². The van der Waals surface area contributed by atoms with Gasteiger partial charge in [-0.1, -0.05) is 55.0 Å². The molecule has 4 rings (SSSR count). The maximum Gasteiger partial charge on any atom is 0.275 e. The van der Waals surface area contributed by atoms with Crippen LogP contribution in [0.3, 0.4) is 0 Å². The van der Waals surface area contributed by atoms with Crippen LogP contribution in [0.4, 0.5) is 0 Å². The van der Waals surface area contributed by atoms with Crippen LogP contribution in [0.5, 0.6) is 0 Å². The molecule has 6 nitrogen and oxygen atoms in total. The summed E-state index contributed by atoms with van der Waals surface area (Å²) in [7, 11) is 0. The Balaban J connectivity index is 1.63. The normalized spacial score (nSPS) is 19.2. The number of carbonyl (C=O) groups excluding carboxylic acids is 1. The topological polar surface area (TPSA) is 84.2 Å². The van der Waals surface area contributed by atoms with Crippen LogP contribution in [0.25, 0.3) is 22.0 Å². The highest BCUT2D eigenvalue weighted by Crippen LogP contribution is 2.25. The van der Waals surface area contributed by atoms with Gasteiger partial charge in [-0.15, -0.1) is 0 Å². The molecule has 6 heteroatoms. The van der Waals surface area contributed by atoms with Crippen LogP contribution in [0.2, 0.25) is 0 Å². The third kappa shape index (κ3) is 4.22. The lowest BCUT2D eigenvalue weighted by Gasteiger charge is -2.28. The zero-order valence-electron chi connectivity index (χ0n) is 16.3. The Labute approximate surface area is 169 Å². The van der Waals surface area contributed by atoms with E-state index in [0.717, 1.165) is 36.6 Å². The number of hydrogen-bond donors (Lipinski definition) is 2. The number of rotatable bonds is 5. The molecule has 0 unspecified atom stereocenters. The number of hydrogen-bond acceptors (Lipinski definition) is 4. The van der Waals surface area contributed by atoms with E-state index in [-0.39, 0.29) is 36.6 Å². The van der Waals surface area contributed by atoms with Gasteiger partial charge in [-0.25, -0.2) is 4.68 Å². The molecule has 2 N–H and O–H groups in total. The highest BCUT2D eigenvalue weighted by atomic mass is 16.3. The maximum absolute atomic E-state index is 12.9. The van der Waals surface area contributed by atoms with Gasteiger partial charge in [0, 0.05) is 23.6 Å². The number of aliphatic hydroxyl groups is 1. The predicted octanol–water partition coefficient (Wildman–Crippen LogP) is 2.73. The molecule has 0 radical (unpaired) electrons. The summed E-state index contributed by atoms with van der Waals surface area (Å²) in [4.78, 5) is 25.6. The van der Waals surface area contributed by atoms with E-state index >= 15 is 0 Å². The third-order valence-electron chi connectivity index (χ3n) is 5.61. The molecule has 29 heavy (non-hydrogen) atoms. The number of nitrogens with one attached hydrogen (secondary N) is 1. The Morgan fingerprint density at radius 2 is 1.79 bits per heavy atom. The second kappa shape index (κ2) is 8.57. The number of benzene rings is 2. The van der Waals surface area contributed by atoms with Crippen molar-refractivity contribution in [1.29, 1.82) is 0 Å². The van der Waals surface area contributed by atoms with E-state index in [0.29, 0.717) is 11.1 Å². The zero-order valence-corrected chi connectivity index (χ0v) is 16.3. The first-order valence-electron chi connectivity index (χ1n) is 10.1. The molecule has 1 aliphatic carbocycles. The van der Waals surface area contributed by atoms with Crippen LogP contribution in [-0.4, -0.2) is 33.4 Å². The molecule has 150 valence electrons. The van der Waals surface area contributed by atoms with Crippen LogP contribution >= 0.6 is 0 Å². The molecular weight excluding hydrogens is 366 g/mol. The Kier molecular flexibility index (Phi) is 5.71. The molecule has 2 aromatic carbocycles. The number of amides is 1. The molecule has 1 saturated carbocycles. The van der Waals surface area contributed by atoms with Gasteiger partial charge in [0.2, 0.25) is 5.91 Å². The standard InChI is InChI=1S/C23H25N3O3/c27-15-16-7-6-10-18(13-16)24-21(28)14-26-23(29)20-12-5-4-11-19(20)22(25-26)17-8-2-1-3-9-17/h1-5,8-9,11-12,16,18,27H,6-7,10,13-15H2,(H,24,28)/t16-,18-/m1/s1.